The fourth-order valence-electron chi connectivity index (χ4n) is 3.82. The van der Waals surface area contributed by atoms with E-state index in [0.29, 0.717) is 21.3 Å². The van der Waals surface area contributed by atoms with Gasteiger partial charge in [-0.25, -0.2) is 0 Å². The molecule has 0 aliphatic carbocycles. The molecule has 3 aromatic rings. The number of hydrogen-bond donors (Lipinski definition) is 1. The van der Waals surface area contributed by atoms with Crippen LogP contribution in [0.3, 0.4) is 0 Å². The number of amides is 1. The largest absolute Gasteiger partial charge is 0.507 e. The molecule has 1 fully saturated rings. The van der Waals surface area contributed by atoms with Crippen molar-refractivity contribution >= 4 is 39.6 Å². The molecule has 1 atom stereocenters. The zero-order chi connectivity index (χ0) is 23.2. The molecule has 4 rings (SSSR count). The molecule has 7 nitrogen and oxygen atoms in total. The normalized spacial score (nSPS) is 17.8. The molecule has 1 N–H and O–H groups in total. The molecule has 1 amide bonds. The van der Waals surface area contributed by atoms with Crippen LogP contribution in [0.15, 0.2) is 48.0 Å². The maximum Gasteiger partial charge on any atom is 0.301 e. The van der Waals surface area contributed by atoms with Gasteiger partial charge in [0.15, 0.2) is 0 Å². The zero-order valence-corrected chi connectivity index (χ0v) is 19.4. The molecule has 2 aromatic carbocycles. The van der Waals surface area contributed by atoms with Gasteiger partial charge in [-0.3, -0.25) is 14.5 Å². The Kier molecular flexibility index (Phi) is 5.56. The summed E-state index contributed by atoms with van der Waals surface area (Å²) in [6.07, 6.45) is 0. The molecule has 0 saturated carbocycles. The molecule has 0 bridgehead atoms. The Bertz CT molecular complexity index is 1240. The number of rotatable bonds is 4. The maximum absolute atomic E-state index is 13.2. The molecular weight excluding hydrogens is 424 g/mol. The molecule has 1 unspecified atom stereocenters. The second-order valence-electron chi connectivity index (χ2n) is 8.08. The first kappa shape index (κ1) is 21.7. The van der Waals surface area contributed by atoms with Crippen molar-refractivity contribution in [2.24, 2.45) is 0 Å². The van der Waals surface area contributed by atoms with Gasteiger partial charge in [-0.05, 0) is 50.1 Å². The second-order valence-corrected chi connectivity index (χ2v) is 9.24. The first-order valence-corrected chi connectivity index (χ1v) is 11.0. The van der Waals surface area contributed by atoms with E-state index < -0.39 is 17.7 Å². The summed E-state index contributed by atoms with van der Waals surface area (Å²) in [5, 5.41) is 20.4. The molecule has 164 valence electrons. The SMILES string of the molecule is Cc1ccc(C)c(C(O)=C2C(=O)C(=O)N(c3nnc(C)s3)C2c2ccc(N(C)C)cc2)c1. The van der Waals surface area contributed by atoms with Crippen LogP contribution in [0.25, 0.3) is 5.76 Å². The van der Waals surface area contributed by atoms with Crippen LogP contribution in [0.1, 0.15) is 33.3 Å². The summed E-state index contributed by atoms with van der Waals surface area (Å²) in [4.78, 5) is 29.6. The quantitative estimate of drug-likeness (QED) is 0.366. The number of carbonyl (C=O) groups excluding carboxylic acids is 2. The number of aliphatic hydroxyl groups excluding tert-OH is 1. The maximum atomic E-state index is 13.2. The Morgan fingerprint density at radius 3 is 2.31 bits per heavy atom. The molecule has 0 spiro atoms. The molecule has 8 heteroatoms. The van der Waals surface area contributed by atoms with E-state index in [-0.39, 0.29) is 11.3 Å². The van der Waals surface area contributed by atoms with Crippen molar-refractivity contribution < 1.29 is 14.7 Å². The summed E-state index contributed by atoms with van der Waals surface area (Å²) in [6.45, 7) is 5.56. The van der Waals surface area contributed by atoms with Gasteiger partial charge in [-0.2, -0.15) is 0 Å². The summed E-state index contributed by atoms with van der Waals surface area (Å²) in [7, 11) is 3.87. The lowest BCUT2D eigenvalue weighted by molar-refractivity contribution is -0.132. The predicted octanol–water partition coefficient (Wildman–Crippen LogP) is 4.16. The van der Waals surface area contributed by atoms with Crippen LogP contribution < -0.4 is 9.80 Å². The summed E-state index contributed by atoms with van der Waals surface area (Å²) in [5.74, 6) is -1.65. The third kappa shape index (κ3) is 3.67. The van der Waals surface area contributed by atoms with Crippen LogP contribution in [0, 0.1) is 20.8 Å². The number of aliphatic hydroxyl groups is 1. The standard InChI is InChI=1S/C24H24N4O3S/c1-13-6-7-14(2)18(12-13)21(29)19-20(16-8-10-17(11-9-16)27(4)5)28(23(31)22(19)30)24-26-25-15(3)32-24/h6-12,20,29H,1-5H3. The smallest absolute Gasteiger partial charge is 0.301 e. The van der Waals surface area contributed by atoms with Gasteiger partial charge in [0, 0.05) is 25.3 Å². The van der Waals surface area contributed by atoms with E-state index in [9.17, 15) is 14.7 Å². The highest BCUT2D eigenvalue weighted by atomic mass is 32.1. The Morgan fingerprint density at radius 2 is 1.72 bits per heavy atom. The molecule has 1 aliphatic heterocycles. The summed E-state index contributed by atoms with van der Waals surface area (Å²) in [6, 6.07) is 12.4. The van der Waals surface area contributed by atoms with Crippen LogP contribution in [0.4, 0.5) is 10.8 Å². The van der Waals surface area contributed by atoms with Gasteiger partial charge >= 0.3 is 5.91 Å². The molecule has 1 aromatic heterocycles. The number of anilines is 2. The van der Waals surface area contributed by atoms with Crippen molar-refractivity contribution in [1.29, 1.82) is 0 Å². The van der Waals surface area contributed by atoms with Crippen LogP contribution in [-0.2, 0) is 9.59 Å². The Labute approximate surface area is 190 Å². The van der Waals surface area contributed by atoms with E-state index in [1.54, 1.807) is 6.92 Å². The number of aryl methyl sites for hydroxylation is 3. The number of aromatic nitrogens is 2. The fraction of sp³-hybridized carbons (Fsp3) is 0.250. The minimum absolute atomic E-state index is 0.0501. The molecule has 32 heavy (non-hydrogen) atoms. The van der Waals surface area contributed by atoms with Crippen molar-refractivity contribution in [2.75, 3.05) is 23.9 Å². The van der Waals surface area contributed by atoms with Gasteiger partial charge < -0.3 is 10.0 Å². The topological polar surface area (TPSA) is 86.6 Å². The minimum Gasteiger partial charge on any atom is -0.507 e. The molecule has 2 heterocycles. The van der Waals surface area contributed by atoms with E-state index in [4.69, 9.17) is 0 Å². The molecule has 1 saturated heterocycles. The van der Waals surface area contributed by atoms with Gasteiger partial charge in [-0.15, -0.1) is 10.2 Å². The number of ketones is 1. The van der Waals surface area contributed by atoms with Gasteiger partial charge in [0.1, 0.15) is 10.8 Å². The Hall–Kier alpha value is -3.52. The van der Waals surface area contributed by atoms with Crippen molar-refractivity contribution in [2.45, 2.75) is 26.8 Å². The zero-order valence-electron chi connectivity index (χ0n) is 18.6. The van der Waals surface area contributed by atoms with Crippen LogP contribution in [0.2, 0.25) is 0 Å². The first-order chi connectivity index (χ1) is 15.2. The van der Waals surface area contributed by atoms with Gasteiger partial charge in [0.05, 0.1) is 11.6 Å². The summed E-state index contributed by atoms with van der Waals surface area (Å²) in [5.41, 5.74) is 4.02. The van der Waals surface area contributed by atoms with E-state index in [0.717, 1.165) is 16.8 Å². The number of nitrogens with zero attached hydrogens (tertiary/aromatic N) is 4. The number of benzene rings is 2. The lowest BCUT2D eigenvalue weighted by Gasteiger charge is -2.23. The van der Waals surface area contributed by atoms with Crippen molar-refractivity contribution in [3.63, 3.8) is 0 Å². The predicted molar refractivity (Wildman–Crippen MR) is 126 cm³/mol. The molecule has 1 aliphatic rings. The van der Waals surface area contributed by atoms with E-state index in [1.165, 1.54) is 16.2 Å². The van der Waals surface area contributed by atoms with Crippen molar-refractivity contribution in [3.8, 4) is 0 Å². The molecule has 0 radical (unpaired) electrons. The van der Waals surface area contributed by atoms with Crippen LogP contribution in [0.5, 0.6) is 0 Å². The lowest BCUT2D eigenvalue weighted by atomic mass is 9.93. The Morgan fingerprint density at radius 1 is 1.03 bits per heavy atom. The van der Waals surface area contributed by atoms with E-state index in [2.05, 4.69) is 10.2 Å². The van der Waals surface area contributed by atoms with Crippen molar-refractivity contribution in [3.05, 3.63) is 75.3 Å². The Balaban J connectivity index is 1.95. The number of carbonyl (C=O) groups is 2. The third-order valence-corrected chi connectivity index (χ3v) is 6.38. The van der Waals surface area contributed by atoms with Gasteiger partial charge in [0.2, 0.25) is 5.13 Å². The average Bonchev–Trinajstić information content (AvgIpc) is 3.30. The highest BCUT2D eigenvalue weighted by molar-refractivity contribution is 7.15. The first-order valence-electron chi connectivity index (χ1n) is 10.1. The summed E-state index contributed by atoms with van der Waals surface area (Å²) < 4.78 is 0. The van der Waals surface area contributed by atoms with Gasteiger partial charge in [0.25, 0.3) is 5.78 Å². The monoisotopic (exact) mass is 448 g/mol. The highest BCUT2D eigenvalue weighted by Gasteiger charge is 2.48. The van der Waals surface area contributed by atoms with Crippen LogP contribution in [-0.4, -0.2) is 41.1 Å². The fourth-order valence-corrected chi connectivity index (χ4v) is 4.53. The number of Topliss-reactive ketones (excluding diaryl/α,β-unsaturated/α-hetero) is 1. The second kappa shape index (κ2) is 8.20. The lowest BCUT2D eigenvalue weighted by Crippen LogP contribution is -2.29. The molecular formula is C24H24N4O3S. The number of hydrogen-bond acceptors (Lipinski definition) is 7. The summed E-state index contributed by atoms with van der Waals surface area (Å²) >= 11 is 1.23. The van der Waals surface area contributed by atoms with E-state index in [1.807, 2.05) is 75.3 Å². The minimum atomic E-state index is -0.807. The average molecular weight is 449 g/mol. The van der Waals surface area contributed by atoms with Crippen LogP contribution >= 0.6 is 11.3 Å². The third-order valence-electron chi connectivity index (χ3n) is 5.54. The highest BCUT2D eigenvalue weighted by Crippen LogP contribution is 2.43. The van der Waals surface area contributed by atoms with Crippen molar-refractivity contribution in [1.82, 2.24) is 10.2 Å². The van der Waals surface area contributed by atoms with Gasteiger partial charge in [-0.1, -0.05) is 41.2 Å². The van der Waals surface area contributed by atoms with E-state index >= 15 is 0 Å².